The lowest BCUT2D eigenvalue weighted by Gasteiger charge is -2.32. The van der Waals surface area contributed by atoms with Crippen molar-refractivity contribution in [2.45, 2.75) is 25.2 Å². The van der Waals surface area contributed by atoms with Crippen LogP contribution in [0.5, 0.6) is 0 Å². The van der Waals surface area contributed by atoms with Gasteiger partial charge in [-0.3, -0.25) is 0 Å². The Bertz CT molecular complexity index is 604. The molecular formula is C16H24N2O4S. The van der Waals surface area contributed by atoms with E-state index in [0.29, 0.717) is 19.7 Å². The standard InChI is InChI=1S/C16H24N2O4S/c1-2-15-12-18(9-10-22-15)16(19)17-8-11-23(20,21)13-14-6-4-3-5-7-14/h3-7,15H,2,8-13H2,1H3,(H,17,19)/t15-/m1/s1. The molecule has 0 radical (unpaired) electrons. The smallest absolute Gasteiger partial charge is 0.317 e. The molecule has 1 aliphatic heterocycles. The Labute approximate surface area is 137 Å². The van der Waals surface area contributed by atoms with E-state index in [9.17, 15) is 13.2 Å². The van der Waals surface area contributed by atoms with E-state index in [2.05, 4.69) is 5.32 Å². The first-order chi connectivity index (χ1) is 11.0. The number of sulfone groups is 1. The Hall–Kier alpha value is -1.60. The number of hydrogen-bond donors (Lipinski definition) is 1. The predicted octanol–water partition coefficient (Wildman–Crippen LogP) is 1.42. The lowest BCUT2D eigenvalue weighted by molar-refractivity contribution is -0.0152. The van der Waals surface area contributed by atoms with Gasteiger partial charge in [-0.05, 0) is 12.0 Å². The molecule has 0 aromatic heterocycles. The zero-order chi connectivity index (χ0) is 16.7. The van der Waals surface area contributed by atoms with Crippen molar-refractivity contribution >= 4 is 15.9 Å². The maximum absolute atomic E-state index is 12.1. The van der Waals surface area contributed by atoms with Gasteiger partial charge in [0.1, 0.15) is 0 Å². The van der Waals surface area contributed by atoms with Crippen LogP contribution in [0.15, 0.2) is 30.3 Å². The van der Waals surface area contributed by atoms with Crippen LogP contribution in [0, 0.1) is 0 Å². The van der Waals surface area contributed by atoms with Crippen LogP contribution in [0.4, 0.5) is 4.79 Å². The number of urea groups is 1. The summed E-state index contributed by atoms with van der Waals surface area (Å²) in [5.74, 6) is -0.0612. The van der Waals surface area contributed by atoms with Crippen molar-refractivity contribution < 1.29 is 17.9 Å². The van der Waals surface area contributed by atoms with E-state index in [0.717, 1.165) is 12.0 Å². The average molecular weight is 340 g/mol. The van der Waals surface area contributed by atoms with Crippen LogP contribution < -0.4 is 5.32 Å². The normalized spacial score (nSPS) is 18.7. The van der Waals surface area contributed by atoms with Crippen molar-refractivity contribution in [3.63, 3.8) is 0 Å². The van der Waals surface area contributed by atoms with Gasteiger partial charge in [-0.15, -0.1) is 0 Å². The topological polar surface area (TPSA) is 75.7 Å². The highest BCUT2D eigenvalue weighted by molar-refractivity contribution is 7.90. The van der Waals surface area contributed by atoms with Gasteiger partial charge in [0.2, 0.25) is 0 Å². The second-order valence-electron chi connectivity index (χ2n) is 5.66. The highest BCUT2D eigenvalue weighted by Crippen LogP contribution is 2.08. The second kappa shape index (κ2) is 8.31. The van der Waals surface area contributed by atoms with Crippen LogP contribution in [0.25, 0.3) is 0 Å². The maximum atomic E-state index is 12.1. The van der Waals surface area contributed by atoms with E-state index in [1.807, 2.05) is 25.1 Å². The minimum absolute atomic E-state index is 0.000820. The summed E-state index contributed by atoms with van der Waals surface area (Å²) in [6.07, 6.45) is 0.922. The Morgan fingerprint density at radius 2 is 2.09 bits per heavy atom. The second-order valence-corrected chi connectivity index (χ2v) is 7.84. The van der Waals surface area contributed by atoms with Crippen molar-refractivity contribution in [2.24, 2.45) is 0 Å². The SMILES string of the molecule is CC[C@@H]1CN(C(=O)NCCS(=O)(=O)Cc2ccccc2)CCO1. The molecule has 0 saturated carbocycles. The van der Waals surface area contributed by atoms with Gasteiger partial charge in [-0.1, -0.05) is 37.3 Å². The molecule has 2 amide bonds. The fourth-order valence-corrected chi connectivity index (χ4v) is 3.73. The molecule has 1 N–H and O–H groups in total. The molecule has 7 heteroatoms. The molecule has 23 heavy (non-hydrogen) atoms. The number of nitrogens with zero attached hydrogens (tertiary/aromatic N) is 1. The quantitative estimate of drug-likeness (QED) is 0.850. The molecule has 0 bridgehead atoms. The van der Waals surface area contributed by atoms with Crippen LogP contribution in [0.2, 0.25) is 0 Å². The maximum Gasteiger partial charge on any atom is 0.317 e. The summed E-state index contributed by atoms with van der Waals surface area (Å²) < 4.78 is 29.7. The van der Waals surface area contributed by atoms with Crippen LogP contribution in [-0.2, 0) is 20.3 Å². The molecule has 1 aliphatic rings. The van der Waals surface area contributed by atoms with Gasteiger partial charge in [-0.25, -0.2) is 13.2 Å². The average Bonchev–Trinajstić information content (AvgIpc) is 2.55. The number of morpholine rings is 1. The van der Waals surface area contributed by atoms with Crippen molar-refractivity contribution in [1.29, 1.82) is 0 Å². The first kappa shape index (κ1) is 17.7. The Kier molecular flexibility index (Phi) is 6.41. The number of carbonyl (C=O) groups is 1. The van der Waals surface area contributed by atoms with Crippen molar-refractivity contribution in [2.75, 3.05) is 32.0 Å². The fraction of sp³-hybridized carbons (Fsp3) is 0.562. The van der Waals surface area contributed by atoms with Crippen molar-refractivity contribution in [3.8, 4) is 0 Å². The van der Waals surface area contributed by atoms with Gasteiger partial charge in [0, 0.05) is 19.6 Å². The summed E-state index contributed by atoms with van der Waals surface area (Å²) >= 11 is 0. The lowest BCUT2D eigenvalue weighted by Crippen LogP contribution is -2.50. The highest BCUT2D eigenvalue weighted by atomic mass is 32.2. The summed E-state index contributed by atoms with van der Waals surface area (Å²) in [4.78, 5) is 13.8. The highest BCUT2D eigenvalue weighted by Gasteiger charge is 2.23. The summed E-state index contributed by atoms with van der Waals surface area (Å²) in [5.41, 5.74) is 0.762. The number of benzene rings is 1. The number of hydrogen-bond acceptors (Lipinski definition) is 4. The molecule has 0 unspecified atom stereocenters. The summed E-state index contributed by atoms with van der Waals surface area (Å²) in [6, 6.07) is 8.83. The third kappa shape index (κ3) is 5.84. The van der Waals surface area contributed by atoms with E-state index < -0.39 is 9.84 Å². The molecule has 1 atom stereocenters. The monoisotopic (exact) mass is 340 g/mol. The van der Waals surface area contributed by atoms with E-state index in [1.165, 1.54) is 0 Å². The first-order valence-electron chi connectivity index (χ1n) is 7.89. The fourth-order valence-electron chi connectivity index (χ4n) is 2.48. The molecule has 0 aliphatic carbocycles. The first-order valence-corrected chi connectivity index (χ1v) is 9.71. The van der Waals surface area contributed by atoms with Gasteiger partial charge >= 0.3 is 6.03 Å². The lowest BCUT2D eigenvalue weighted by atomic mass is 10.2. The molecule has 1 saturated heterocycles. The van der Waals surface area contributed by atoms with Gasteiger partial charge in [0.25, 0.3) is 0 Å². The van der Waals surface area contributed by atoms with E-state index in [1.54, 1.807) is 17.0 Å². The molecule has 6 nitrogen and oxygen atoms in total. The summed E-state index contributed by atoms with van der Waals surface area (Å²) in [5, 5.41) is 2.69. The van der Waals surface area contributed by atoms with Gasteiger partial charge in [0.15, 0.2) is 9.84 Å². The number of rotatable bonds is 6. The van der Waals surface area contributed by atoms with Crippen LogP contribution >= 0.6 is 0 Å². The molecule has 128 valence electrons. The molecule has 1 fully saturated rings. The minimum atomic E-state index is -3.23. The van der Waals surface area contributed by atoms with Crippen LogP contribution in [0.1, 0.15) is 18.9 Å². The summed E-state index contributed by atoms with van der Waals surface area (Å²) in [7, 11) is -3.23. The number of amides is 2. The Morgan fingerprint density at radius 1 is 1.35 bits per heavy atom. The molecule has 1 heterocycles. The number of ether oxygens (including phenoxy) is 1. The van der Waals surface area contributed by atoms with Gasteiger partial charge < -0.3 is 15.0 Å². The number of carbonyl (C=O) groups excluding carboxylic acids is 1. The molecule has 2 rings (SSSR count). The van der Waals surface area contributed by atoms with E-state index >= 15 is 0 Å². The van der Waals surface area contributed by atoms with Gasteiger partial charge in [-0.2, -0.15) is 0 Å². The number of nitrogens with one attached hydrogen (secondary N) is 1. The molecule has 1 aromatic carbocycles. The van der Waals surface area contributed by atoms with Gasteiger partial charge in [0.05, 0.1) is 24.2 Å². The third-order valence-corrected chi connectivity index (χ3v) is 5.40. The zero-order valence-electron chi connectivity index (χ0n) is 13.4. The summed E-state index contributed by atoms with van der Waals surface area (Å²) in [6.45, 7) is 3.76. The van der Waals surface area contributed by atoms with Crippen molar-refractivity contribution in [3.05, 3.63) is 35.9 Å². The molecular weight excluding hydrogens is 316 g/mol. The zero-order valence-corrected chi connectivity index (χ0v) is 14.2. The predicted molar refractivity (Wildman–Crippen MR) is 88.9 cm³/mol. The third-order valence-electron chi connectivity index (χ3n) is 3.80. The Morgan fingerprint density at radius 3 is 2.78 bits per heavy atom. The van der Waals surface area contributed by atoms with Crippen LogP contribution in [-0.4, -0.2) is 57.4 Å². The molecule has 0 spiro atoms. The Balaban J connectivity index is 1.76. The van der Waals surface area contributed by atoms with E-state index in [-0.39, 0.29) is 30.2 Å². The van der Waals surface area contributed by atoms with E-state index in [4.69, 9.17) is 4.74 Å². The van der Waals surface area contributed by atoms with Crippen molar-refractivity contribution in [1.82, 2.24) is 10.2 Å². The largest absolute Gasteiger partial charge is 0.375 e. The molecule has 1 aromatic rings. The van der Waals surface area contributed by atoms with Crippen LogP contribution in [0.3, 0.4) is 0 Å². The minimum Gasteiger partial charge on any atom is -0.375 e.